The predicted octanol–water partition coefficient (Wildman–Crippen LogP) is 2.61. The fourth-order valence-corrected chi connectivity index (χ4v) is 3.06. The molecule has 1 aliphatic rings. The average molecular weight is 339 g/mol. The first-order chi connectivity index (χ1) is 11.0. The topological polar surface area (TPSA) is 54.2 Å². The monoisotopic (exact) mass is 338 g/mol. The van der Waals surface area contributed by atoms with Crippen LogP contribution in [-0.4, -0.2) is 44.6 Å². The SMILES string of the molecule is CC(O)c1cn(C2CN(CCCc3c(F)cccc3Cl)C2)nn1. The maximum atomic E-state index is 13.7. The molecule has 1 saturated heterocycles. The van der Waals surface area contributed by atoms with Crippen molar-refractivity contribution < 1.29 is 9.50 Å². The number of hydrogen-bond acceptors (Lipinski definition) is 4. The quantitative estimate of drug-likeness (QED) is 0.879. The number of benzene rings is 1. The van der Waals surface area contributed by atoms with Gasteiger partial charge in [0.1, 0.15) is 11.5 Å². The molecular formula is C16H20ClFN4O. The summed E-state index contributed by atoms with van der Waals surface area (Å²) in [6.45, 7) is 4.37. The first kappa shape index (κ1) is 16.4. The lowest BCUT2D eigenvalue weighted by Gasteiger charge is -2.38. The molecule has 0 amide bonds. The number of halogens is 2. The second kappa shape index (κ2) is 6.95. The number of likely N-dealkylation sites (tertiary alicyclic amines) is 1. The van der Waals surface area contributed by atoms with E-state index in [2.05, 4.69) is 15.2 Å². The molecule has 0 bridgehead atoms. The molecule has 0 radical (unpaired) electrons. The number of rotatable bonds is 6. The number of nitrogens with zero attached hydrogens (tertiary/aromatic N) is 4. The minimum atomic E-state index is -0.592. The van der Waals surface area contributed by atoms with Gasteiger partial charge in [0.15, 0.2) is 0 Å². The van der Waals surface area contributed by atoms with Crippen LogP contribution in [-0.2, 0) is 6.42 Å². The Bertz CT molecular complexity index is 650. The standard InChI is InChI=1S/C16H20ClFN4O/c1-11(23)16-10-22(20-19-16)12-8-21(9-12)7-3-4-13-14(17)5-2-6-15(13)18/h2,5-6,10-12,23H,3-4,7-9H2,1H3. The average Bonchev–Trinajstić information content (AvgIpc) is 2.93. The second-order valence-electron chi connectivity index (χ2n) is 6.02. The maximum Gasteiger partial charge on any atom is 0.127 e. The van der Waals surface area contributed by atoms with E-state index in [4.69, 9.17) is 11.6 Å². The van der Waals surface area contributed by atoms with Gasteiger partial charge in [-0.1, -0.05) is 22.9 Å². The second-order valence-corrected chi connectivity index (χ2v) is 6.42. The van der Waals surface area contributed by atoms with Gasteiger partial charge in [0.25, 0.3) is 0 Å². The molecule has 1 unspecified atom stereocenters. The van der Waals surface area contributed by atoms with Gasteiger partial charge in [0, 0.05) is 23.7 Å². The third-order valence-corrected chi connectivity index (χ3v) is 4.58. The normalized spacial score (nSPS) is 17.2. The van der Waals surface area contributed by atoms with Crippen molar-refractivity contribution in [2.45, 2.75) is 31.9 Å². The van der Waals surface area contributed by atoms with Gasteiger partial charge in [0.05, 0.1) is 18.3 Å². The molecule has 2 heterocycles. The van der Waals surface area contributed by atoms with Crippen LogP contribution >= 0.6 is 11.6 Å². The third kappa shape index (κ3) is 3.71. The van der Waals surface area contributed by atoms with Crippen LogP contribution in [0.25, 0.3) is 0 Å². The van der Waals surface area contributed by atoms with Gasteiger partial charge in [-0.25, -0.2) is 9.07 Å². The first-order valence-electron chi connectivity index (χ1n) is 7.79. The van der Waals surface area contributed by atoms with E-state index in [9.17, 15) is 9.50 Å². The molecule has 7 heteroatoms. The Morgan fingerprint density at radius 1 is 1.43 bits per heavy atom. The summed E-state index contributed by atoms with van der Waals surface area (Å²) in [5, 5.41) is 18.0. The van der Waals surface area contributed by atoms with Crippen molar-refractivity contribution in [3.8, 4) is 0 Å². The molecule has 1 aliphatic heterocycles. The van der Waals surface area contributed by atoms with E-state index in [1.165, 1.54) is 6.07 Å². The molecule has 0 aliphatic carbocycles. The van der Waals surface area contributed by atoms with Gasteiger partial charge in [0.2, 0.25) is 0 Å². The van der Waals surface area contributed by atoms with Crippen molar-refractivity contribution >= 4 is 11.6 Å². The van der Waals surface area contributed by atoms with E-state index in [0.29, 0.717) is 28.7 Å². The maximum absolute atomic E-state index is 13.7. The molecule has 3 rings (SSSR count). The molecule has 23 heavy (non-hydrogen) atoms. The molecule has 1 atom stereocenters. The molecule has 2 aromatic rings. The van der Waals surface area contributed by atoms with E-state index in [1.54, 1.807) is 25.3 Å². The molecule has 124 valence electrons. The van der Waals surface area contributed by atoms with Crippen LogP contribution in [0.2, 0.25) is 5.02 Å². The van der Waals surface area contributed by atoms with E-state index in [0.717, 1.165) is 26.1 Å². The number of hydrogen-bond donors (Lipinski definition) is 1. The third-order valence-electron chi connectivity index (χ3n) is 4.23. The van der Waals surface area contributed by atoms with E-state index in [-0.39, 0.29) is 5.82 Å². The van der Waals surface area contributed by atoms with Gasteiger partial charge >= 0.3 is 0 Å². The highest BCUT2D eigenvalue weighted by Gasteiger charge is 2.29. The smallest absolute Gasteiger partial charge is 0.127 e. The summed E-state index contributed by atoms with van der Waals surface area (Å²) in [4.78, 5) is 2.29. The predicted molar refractivity (Wildman–Crippen MR) is 85.9 cm³/mol. The molecule has 1 aromatic carbocycles. The zero-order chi connectivity index (χ0) is 16.4. The Hall–Kier alpha value is -1.50. The van der Waals surface area contributed by atoms with Crippen molar-refractivity contribution in [3.05, 3.63) is 46.5 Å². The highest BCUT2D eigenvalue weighted by molar-refractivity contribution is 6.31. The molecule has 0 saturated carbocycles. The molecule has 0 spiro atoms. The summed E-state index contributed by atoms with van der Waals surface area (Å²) in [7, 11) is 0. The van der Waals surface area contributed by atoms with E-state index in [1.807, 2.05) is 4.68 Å². The molecular weight excluding hydrogens is 319 g/mol. The molecule has 1 aromatic heterocycles. The fourth-order valence-electron chi connectivity index (χ4n) is 2.80. The molecule has 1 N–H and O–H groups in total. The summed E-state index contributed by atoms with van der Waals surface area (Å²) in [6, 6.07) is 5.10. The van der Waals surface area contributed by atoms with Crippen LogP contribution in [0.5, 0.6) is 0 Å². The highest BCUT2D eigenvalue weighted by atomic mass is 35.5. The van der Waals surface area contributed by atoms with Gasteiger partial charge in [-0.05, 0) is 38.4 Å². The van der Waals surface area contributed by atoms with Crippen LogP contribution in [0, 0.1) is 5.82 Å². The van der Waals surface area contributed by atoms with Gasteiger partial charge in [-0.3, -0.25) is 4.90 Å². The minimum Gasteiger partial charge on any atom is -0.387 e. The lowest BCUT2D eigenvalue weighted by atomic mass is 10.1. The lowest BCUT2D eigenvalue weighted by molar-refractivity contribution is 0.0960. The van der Waals surface area contributed by atoms with Crippen LogP contribution < -0.4 is 0 Å². The van der Waals surface area contributed by atoms with E-state index < -0.39 is 6.10 Å². The molecule has 1 fully saturated rings. The summed E-state index contributed by atoms with van der Waals surface area (Å²) < 4.78 is 15.5. The van der Waals surface area contributed by atoms with E-state index >= 15 is 0 Å². The van der Waals surface area contributed by atoms with Crippen LogP contribution in [0.15, 0.2) is 24.4 Å². The highest BCUT2D eigenvalue weighted by Crippen LogP contribution is 2.24. The largest absolute Gasteiger partial charge is 0.387 e. The fraction of sp³-hybridized carbons (Fsp3) is 0.500. The lowest BCUT2D eigenvalue weighted by Crippen LogP contribution is -2.48. The Kier molecular flexibility index (Phi) is 4.94. The summed E-state index contributed by atoms with van der Waals surface area (Å²) in [5.74, 6) is -0.229. The van der Waals surface area contributed by atoms with Crippen molar-refractivity contribution in [3.63, 3.8) is 0 Å². The number of aliphatic hydroxyl groups excluding tert-OH is 1. The van der Waals surface area contributed by atoms with Crippen molar-refractivity contribution in [1.82, 2.24) is 19.9 Å². The number of aromatic nitrogens is 3. The van der Waals surface area contributed by atoms with Gasteiger partial charge < -0.3 is 5.11 Å². The first-order valence-corrected chi connectivity index (χ1v) is 8.17. The Balaban J connectivity index is 1.44. The van der Waals surface area contributed by atoms with Crippen LogP contribution in [0.3, 0.4) is 0 Å². The van der Waals surface area contributed by atoms with Crippen molar-refractivity contribution in [1.29, 1.82) is 0 Å². The van der Waals surface area contributed by atoms with Gasteiger partial charge in [-0.15, -0.1) is 5.10 Å². The summed E-state index contributed by atoms with van der Waals surface area (Å²) >= 11 is 6.03. The number of aliphatic hydroxyl groups is 1. The van der Waals surface area contributed by atoms with Gasteiger partial charge in [-0.2, -0.15) is 0 Å². The van der Waals surface area contributed by atoms with Crippen molar-refractivity contribution in [2.24, 2.45) is 0 Å². The zero-order valence-corrected chi connectivity index (χ0v) is 13.7. The molecule has 5 nitrogen and oxygen atoms in total. The van der Waals surface area contributed by atoms with Crippen LogP contribution in [0.1, 0.15) is 36.7 Å². The Morgan fingerprint density at radius 3 is 2.87 bits per heavy atom. The Labute approximate surface area is 139 Å². The van der Waals surface area contributed by atoms with Crippen molar-refractivity contribution in [2.75, 3.05) is 19.6 Å². The summed E-state index contributed by atoms with van der Waals surface area (Å²) in [5.41, 5.74) is 1.20. The van der Waals surface area contributed by atoms with Crippen LogP contribution in [0.4, 0.5) is 4.39 Å². The summed E-state index contributed by atoms with van der Waals surface area (Å²) in [6.07, 6.45) is 2.71. The Morgan fingerprint density at radius 2 is 2.22 bits per heavy atom. The minimum absolute atomic E-state index is 0.229. The zero-order valence-electron chi connectivity index (χ0n) is 13.0.